The summed E-state index contributed by atoms with van der Waals surface area (Å²) >= 11 is 4.77. The second-order valence-corrected chi connectivity index (χ2v) is 6.09. The molecule has 1 aromatic carbocycles. The van der Waals surface area contributed by atoms with Crippen molar-refractivity contribution in [3.8, 4) is 0 Å². The number of thiazole rings is 1. The third kappa shape index (κ3) is 2.23. The molecule has 0 saturated heterocycles. The lowest BCUT2D eigenvalue weighted by Crippen LogP contribution is -2.04. The highest BCUT2D eigenvalue weighted by Gasteiger charge is 2.12. The topological polar surface area (TPSA) is 56.7 Å². The van der Waals surface area contributed by atoms with Crippen LogP contribution in [0.25, 0.3) is 11.0 Å². The van der Waals surface area contributed by atoms with Crippen LogP contribution < -0.4 is 5.73 Å². The van der Waals surface area contributed by atoms with Crippen molar-refractivity contribution in [1.29, 1.82) is 0 Å². The van der Waals surface area contributed by atoms with Crippen LogP contribution in [0.15, 0.2) is 22.0 Å². The van der Waals surface area contributed by atoms with Crippen molar-refractivity contribution in [2.75, 3.05) is 5.73 Å². The Morgan fingerprint density at radius 1 is 1.42 bits per heavy atom. The van der Waals surface area contributed by atoms with Gasteiger partial charge in [0.15, 0.2) is 0 Å². The average molecular weight is 341 g/mol. The van der Waals surface area contributed by atoms with E-state index in [1.54, 1.807) is 17.4 Å². The number of halogens is 2. The summed E-state index contributed by atoms with van der Waals surface area (Å²) in [5, 5.41) is 2.99. The molecule has 2 aromatic heterocycles. The highest BCUT2D eigenvalue weighted by molar-refractivity contribution is 9.10. The highest BCUT2D eigenvalue weighted by Crippen LogP contribution is 2.26. The molecule has 0 fully saturated rings. The van der Waals surface area contributed by atoms with E-state index in [1.165, 1.54) is 6.07 Å². The minimum Gasteiger partial charge on any atom is -0.369 e. The number of nitrogens with two attached hydrogens (primary N) is 1. The Kier molecular flexibility index (Phi) is 3.02. The summed E-state index contributed by atoms with van der Waals surface area (Å²) in [6.45, 7) is 2.49. The van der Waals surface area contributed by atoms with Gasteiger partial charge in [0, 0.05) is 11.4 Å². The molecule has 2 N–H and O–H groups in total. The van der Waals surface area contributed by atoms with Gasteiger partial charge in [0.05, 0.1) is 32.8 Å². The summed E-state index contributed by atoms with van der Waals surface area (Å²) in [6, 6.07) is 3.06. The molecular weight excluding hydrogens is 331 g/mol. The van der Waals surface area contributed by atoms with Gasteiger partial charge in [-0.05, 0) is 28.9 Å². The predicted molar refractivity (Wildman–Crippen MR) is 77.8 cm³/mol. The van der Waals surface area contributed by atoms with Crippen LogP contribution in [0.5, 0.6) is 0 Å². The third-order valence-corrected chi connectivity index (χ3v) is 4.24. The van der Waals surface area contributed by atoms with Gasteiger partial charge in [-0.3, -0.25) is 0 Å². The monoisotopic (exact) mass is 340 g/mol. The fraction of sp³-hybridized carbons (Fsp3) is 0.167. The number of imidazole rings is 1. The van der Waals surface area contributed by atoms with E-state index in [1.807, 2.05) is 16.9 Å². The van der Waals surface area contributed by atoms with E-state index in [0.717, 1.165) is 16.2 Å². The third-order valence-electron chi connectivity index (χ3n) is 2.81. The van der Waals surface area contributed by atoms with Gasteiger partial charge in [0.2, 0.25) is 5.95 Å². The molecule has 0 aliphatic heterocycles. The van der Waals surface area contributed by atoms with Gasteiger partial charge in [-0.15, -0.1) is 11.3 Å². The van der Waals surface area contributed by atoms with Crippen LogP contribution in [0.2, 0.25) is 0 Å². The van der Waals surface area contributed by atoms with Crippen LogP contribution in [-0.4, -0.2) is 14.5 Å². The minimum atomic E-state index is -0.346. The largest absolute Gasteiger partial charge is 0.369 e. The molecule has 0 bridgehead atoms. The molecule has 4 nitrogen and oxygen atoms in total. The maximum Gasteiger partial charge on any atom is 0.201 e. The molecule has 0 aliphatic rings. The van der Waals surface area contributed by atoms with Crippen molar-refractivity contribution in [3.05, 3.63) is 38.5 Å². The zero-order chi connectivity index (χ0) is 13.6. The number of hydrogen-bond donors (Lipinski definition) is 1. The lowest BCUT2D eigenvalue weighted by molar-refractivity contribution is 0.622. The Bertz CT molecular complexity index is 765. The lowest BCUT2D eigenvalue weighted by Gasteiger charge is -2.04. The number of nitrogen functional groups attached to an aromatic ring is 1. The van der Waals surface area contributed by atoms with E-state index >= 15 is 0 Å². The Hall–Kier alpha value is -1.47. The van der Waals surface area contributed by atoms with Crippen LogP contribution in [0.4, 0.5) is 10.3 Å². The van der Waals surface area contributed by atoms with E-state index < -0.39 is 0 Å². The molecular formula is C12H10BrFN4S. The molecule has 0 spiro atoms. The maximum atomic E-state index is 13.5. The van der Waals surface area contributed by atoms with Gasteiger partial charge in [0.25, 0.3) is 0 Å². The summed E-state index contributed by atoms with van der Waals surface area (Å²) in [5.41, 5.74) is 8.16. The Labute approximate surface area is 121 Å². The quantitative estimate of drug-likeness (QED) is 0.778. The highest BCUT2D eigenvalue weighted by atomic mass is 79.9. The summed E-state index contributed by atoms with van der Waals surface area (Å²) in [6.07, 6.45) is 0. The number of benzene rings is 1. The minimum absolute atomic E-state index is 0.346. The zero-order valence-corrected chi connectivity index (χ0v) is 12.4. The Morgan fingerprint density at radius 2 is 2.21 bits per heavy atom. The number of aromatic nitrogens is 3. The van der Waals surface area contributed by atoms with Crippen LogP contribution in [-0.2, 0) is 6.54 Å². The van der Waals surface area contributed by atoms with Crippen LogP contribution in [0.3, 0.4) is 0 Å². The van der Waals surface area contributed by atoms with Gasteiger partial charge >= 0.3 is 0 Å². The molecule has 7 heteroatoms. The zero-order valence-electron chi connectivity index (χ0n) is 10.0. The first kappa shape index (κ1) is 12.6. The van der Waals surface area contributed by atoms with Crippen molar-refractivity contribution in [3.63, 3.8) is 0 Å². The van der Waals surface area contributed by atoms with Crippen LogP contribution >= 0.6 is 27.3 Å². The van der Waals surface area contributed by atoms with Crippen LogP contribution in [0.1, 0.15) is 10.7 Å². The number of aryl methyl sites for hydroxylation is 1. The summed E-state index contributed by atoms with van der Waals surface area (Å²) < 4.78 is 15.7. The van der Waals surface area contributed by atoms with Gasteiger partial charge in [-0.1, -0.05) is 0 Å². The van der Waals surface area contributed by atoms with Gasteiger partial charge < -0.3 is 10.3 Å². The van der Waals surface area contributed by atoms with E-state index in [0.29, 0.717) is 22.5 Å². The first-order valence-corrected chi connectivity index (χ1v) is 7.23. The second-order valence-electron chi connectivity index (χ2n) is 4.17. The smallest absolute Gasteiger partial charge is 0.201 e. The van der Waals surface area contributed by atoms with Gasteiger partial charge in [-0.25, -0.2) is 14.4 Å². The number of anilines is 1. The van der Waals surface area contributed by atoms with Crippen molar-refractivity contribution in [1.82, 2.24) is 14.5 Å². The number of hydrogen-bond acceptors (Lipinski definition) is 4. The summed E-state index contributed by atoms with van der Waals surface area (Å²) in [5.74, 6) is 0.0137. The van der Waals surface area contributed by atoms with E-state index in [9.17, 15) is 4.39 Å². The second kappa shape index (κ2) is 4.57. The molecule has 0 amide bonds. The van der Waals surface area contributed by atoms with Crippen LogP contribution in [0, 0.1) is 12.7 Å². The van der Waals surface area contributed by atoms with Crippen molar-refractivity contribution >= 4 is 44.2 Å². The molecule has 19 heavy (non-hydrogen) atoms. The van der Waals surface area contributed by atoms with E-state index in [2.05, 4.69) is 25.9 Å². The molecule has 0 radical (unpaired) electrons. The Morgan fingerprint density at radius 3 is 2.89 bits per heavy atom. The van der Waals surface area contributed by atoms with Crippen molar-refractivity contribution in [2.45, 2.75) is 13.5 Å². The molecule has 98 valence electrons. The number of nitrogens with zero attached hydrogens (tertiary/aromatic N) is 3. The molecule has 3 aromatic rings. The fourth-order valence-corrected chi connectivity index (χ4v) is 2.88. The normalized spacial score (nSPS) is 11.3. The maximum absolute atomic E-state index is 13.5. The number of rotatable bonds is 2. The summed E-state index contributed by atoms with van der Waals surface area (Å²) in [7, 11) is 0. The first-order valence-electron chi connectivity index (χ1n) is 5.56. The van der Waals surface area contributed by atoms with Crippen molar-refractivity contribution in [2.24, 2.45) is 0 Å². The standard InChI is InChI=1S/C12H10BrFN4S/c1-6-16-7(5-19-6)4-18-11-2-8(13)9(14)3-10(11)17-12(18)15/h2-3,5H,4H2,1H3,(H2,15,17). The summed E-state index contributed by atoms with van der Waals surface area (Å²) in [4.78, 5) is 8.58. The van der Waals surface area contributed by atoms with E-state index in [4.69, 9.17) is 5.73 Å². The molecule has 0 aliphatic carbocycles. The average Bonchev–Trinajstić information content (AvgIpc) is 2.87. The van der Waals surface area contributed by atoms with Gasteiger partial charge in [0.1, 0.15) is 5.82 Å². The fourth-order valence-electron chi connectivity index (χ4n) is 1.95. The van der Waals surface area contributed by atoms with Crippen molar-refractivity contribution < 1.29 is 4.39 Å². The molecule has 3 rings (SSSR count). The lowest BCUT2D eigenvalue weighted by atomic mass is 10.3. The Balaban J connectivity index is 2.12. The number of fused-ring (bicyclic) bond motifs is 1. The molecule has 0 atom stereocenters. The molecule has 0 unspecified atom stereocenters. The van der Waals surface area contributed by atoms with Gasteiger partial charge in [-0.2, -0.15) is 0 Å². The first-order chi connectivity index (χ1) is 9.04. The SMILES string of the molecule is Cc1nc(Cn2c(N)nc3cc(F)c(Br)cc32)cs1. The molecule has 2 heterocycles. The molecule has 0 saturated carbocycles. The predicted octanol–water partition coefficient (Wildman–Crippen LogP) is 3.33. The van der Waals surface area contributed by atoms with E-state index in [-0.39, 0.29) is 5.82 Å².